The Labute approximate surface area is 152 Å². The van der Waals surface area contributed by atoms with Crippen molar-refractivity contribution in [3.05, 3.63) is 95.6 Å². The molecule has 0 aliphatic carbocycles. The van der Waals surface area contributed by atoms with Crippen LogP contribution < -0.4 is 9.47 Å². The second-order valence-electron chi connectivity index (χ2n) is 5.72. The molecular weight excluding hydrogens is 328 g/mol. The summed E-state index contributed by atoms with van der Waals surface area (Å²) in [7, 11) is 1.58. The molecule has 0 bridgehead atoms. The van der Waals surface area contributed by atoms with E-state index in [1.54, 1.807) is 49.6 Å². The van der Waals surface area contributed by atoms with E-state index in [0.717, 1.165) is 5.56 Å². The van der Waals surface area contributed by atoms with E-state index in [2.05, 4.69) is 0 Å². The van der Waals surface area contributed by atoms with Crippen molar-refractivity contribution in [3.63, 3.8) is 0 Å². The third-order valence-electron chi connectivity index (χ3n) is 3.87. The second kappa shape index (κ2) is 8.12. The number of carbonyl (C=O) groups excluding carboxylic acids is 2. The number of benzene rings is 3. The third-order valence-corrected chi connectivity index (χ3v) is 3.87. The molecule has 4 nitrogen and oxygen atoms in total. The SMILES string of the molecule is COc1cccc(CC(=O)Oc2ccc(C(=O)c3ccccc3)cc2)c1. The lowest BCUT2D eigenvalue weighted by Gasteiger charge is -2.07. The van der Waals surface area contributed by atoms with E-state index < -0.39 is 0 Å². The molecule has 0 unspecified atom stereocenters. The van der Waals surface area contributed by atoms with Gasteiger partial charge in [0.1, 0.15) is 11.5 Å². The molecule has 0 aliphatic heterocycles. The molecule has 0 amide bonds. The van der Waals surface area contributed by atoms with Crippen LogP contribution in [0.4, 0.5) is 0 Å². The van der Waals surface area contributed by atoms with Crippen LogP contribution in [0.1, 0.15) is 21.5 Å². The second-order valence-corrected chi connectivity index (χ2v) is 5.72. The van der Waals surface area contributed by atoms with Crippen LogP contribution >= 0.6 is 0 Å². The summed E-state index contributed by atoms with van der Waals surface area (Å²) in [4.78, 5) is 24.5. The largest absolute Gasteiger partial charge is 0.497 e. The first-order valence-electron chi connectivity index (χ1n) is 8.19. The molecule has 3 aromatic carbocycles. The van der Waals surface area contributed by atoms with Crippen LogP contribution in [0.5, 0.6) is 11.5 Å². The lowest BCUT2D eigenvalue weighted by molar-refractivity contribution is -0.133. The van der Waals surface area contributed by atoms with E-state index in [-0.39, 0.29) is 18.2 Å². The van der Waals surface area contributed by atoms with Crippen molar-refractivity contribution in [2.24, 2.45) is 0 Å². The Morgan fingerprint density at radius 2 is 1.46 bits per heavy atom. The van der Waals surface area contributed by atoms with Gasteiger partial charge in [-0.1, -0.05) is 42.5 Å². The van der Waals surface area contributed by atoms with Crippen LogP contribution in [0, 0.1) is 0 Å². The normalized spacial score (nSPS) is 10.2. The zero-order valence-corrected chi connectivity index (χ0v) is 14.3. The summed E-state index contributed by atoms with van der Waals surface area (Å²) in [5, 5.41) is 0. The number of methoxy groups -OCH3 is 1. The predicted molar refractivity (Wildman–Crippen MR) is 98.6 cm³/mol. The number of hydrogen-bond acceptors (Lipinski definition) is 4. The zero-order valence-electron chi connectivity index (χ0n) is 14.3. The number of carbonyl (C=O) groups is 2. The molecule has 3 rings (SSSR count). The van der Waals surface area contributed by atoms with Gasteiger partial charge in [0.05, 0.1) is 13.5 Å². The van der Waals surface area contributed by atoms with Crippen LogP contribution in [0.15, 0.2) is 78.9 Å². The van der Waals surface area contributed by atoms with Gasteiger partial charge in [-0.3, -0.25) is 9.59 Å². The summed E-state index contributed by atoms with van der Waals surface area (Å²) in [6.07, 6.45) is 0.141. The van der Waals surface area contributed by atoms with Crippen molar-refractivity contribution < 1.29 is 19.1 Å². The highest BCUT2D eigenvalue weighted by atomic mass is 16.5. The number of esters is 1. The quantitative estimate of drug-likeness (QED) is 0.383. The van der Waals surface area contributed by atoms with Crippen LogP contribution in [-0.4, -0.2) is 18.9 Å². The summed E-state index contributed by atoms with van der Waals surface area (Å²) in [6, 6.07) is 22.9. The molecule has 0 spiro atoms. The molecule has 4 heteroatoms. The fourth-order valence-corrected chi connectivity index (χ4v) is 2.55. The van der Waals surface area contributed by atoms with E-state index in [1.807, 2.05) is 36.4 Å². The lowest BCUT2D eigenvalue weighted by atomic mass is 10.0. The number of ketones is 1. The van der Waals surface area contributed by atoms with Crippen molar-refractivity contribution >= 4 is 11.8 Å². The fraction of sp³-hybridized carbons (Fsp3) is 0.0909. The summed E-state index contributed by atoms with van der Waals surface area (Å²) in [6.45, 7) is 0. The average Bonchev–Trinajstić information content (AvgIpc) is 2.69. The maximum atomic E-state index is 12.4. The van der Waals surface area contributed by atoms with Crippen molar-refractivity contribution in [2.75, 3.05) is 7.11 Å². The van der Waals surface area contributed by atoms with Crippen LogP contribution in [0.25, 0.3) is 0 Å². The molecule has 0 N–H and O–H groups in total. The Bertz CT molecular complexity index is 899. The highest BCUT2D eigenvalue weighted by Gasteiger charge is 2.10. The Morgan fingerprint density at radius 3 is 2.15 bits per heavy atom. The molecule has 130 valence electrons. The summed E-state index contributed by atoms with van der Waals surface area (Å²) in [5.74, 6) is 0.654. The molecule has 0 aromatic heterocycles. The van der Waals surface area contributed by atoms with Gasteiger partial charge in [0, 0.05) is 11.1 Å². The smallest absolute Gasteiger partial charge is 0.315 e. The van der Waals surface area contributed by atoms with Crippen molar-refractivity contribution in [2.45, 2.75) is 6.42 Å². The lowest BCUT2D eigenvalue weighted by Crippen LogP contribution is -2.11. The van der Waals surface area contributed by atoms with Gasteiger partial charge >= 0.3 is 5.97 Å². The predicted octanol–water partition coefficient (Wildman–Crippen LogP) is 4.07. The summed E-state index contributed by atoms with van der Waals surface area (Å²) >= 11 is 0. The fourth-order valence-electron chi connectivity index (χ4n) is 2.55. The minimum absolute atomic E-state index is 0.0696. The zero-order chi connectivity index (χ0) is 18.4. The first-order valence-corrected chi connectivity index (χ1v) is 8.19. The van der Waals surface area contributed by atoms with Gasteiger partial charge in [0.2, 0.25) is 0 Å². The van der Waals surface area contributed by atoms with Crippen molar-refractivity contribution in [3.8, 4) is 11.5 Å². The van der Waals surface area contributed by atoms with Crippen LogP contribution in [-0.2, 0) is 11.2 Å². The maximum absolute atomic E-state index is 12.4. The van der Waals surface area contributed by atoms with E-state index in [0.29, 0.717) is 22.6 Å². The molecule has 0 heterocycles. The minimum Gasteiger partial charge on any atom is -0.497 e. The molecule has 0 saturated carbocycles. The molecule has 3 aromatic rings. The Kier molecular flexibility index (Phi) is 5.44. The van der Waals surface area contributed by atoms with Gasteiger partial charge < -0.3 is 9.47 Å². The molecule has 0 fully saturated rings. The van der Waals surface area contributed by atoms with Crippen molar-refractivity contribution in [1.29, 1.82) is 0 Å². The van der Waals surface area contributed by atoms with E-state index in [9.17, 15) is 9.59 Å². The summed E-state index contributed by atoms with van der Waals surface area (Å²) < 4.78 is 10.5. The minimum atomic E-state index is -0.375. The Hall–Kier alpha value is -3.40. The average molecular weight is 346 g/mol. The molecule has 0 saturated heterocycles. The van der Waals surface area contributed by atoms with Gasteiger partial charge in [-0.05, 0) is 42.0 Å². The Balaban J connectivity index is 1.63. The topological polar surface area (TPSA) is 52.6 Å². The van der Waals surface area contributed by atoms with Gasteiger partial charge in [0.15, 0.2) is 5.78 Å². The highest BCUT2D eigenvalue weighted by molar-refractivity contribution is 6.09. The molecule has 0 radical (unpaired) electrons. The number of ether oxygens (including phenoxy) is 2. The number of rotatable bonds is 6. The third kappa shape index (κ3) is 4.36. The van der Waals surface area contributed by atoms with Gasteiger partial charge in [0.25, 0.3) is 0 Å². The van der Waals surface area contributed by atoms with Gasteiger partial charge in [-0.25, -0.2) is 0 Å². The molecule has 26 heavy (non-hydrogen) atoms. The molecular formula is C22H18O4. The first kappa shape index (κ1) is 17.4. The number of hydrogen-bond donors (Lipinski definition) is 0. The van der Waals surface area contributed by atoms with Gasteiger partial charge in [-0.15, -0.1) is 0 Å². The van der Waals surface area contributed by atoms with Gasteiger partial charge in [-0.2, -0.15) is 0 Å². The van der Waals surface area contributed by atoms with Crippen LogP contribution in [0.2, 0.25) is 0 Å². The van der Waals surface area contributed by atoms with E-state index >= 15 is 0 Å². The van der Waals surface area contributed by atoms with Crippen LogP contribution in [0.3, 0.4) is 0 Å². The van der Waals surface area contributed by atoms with E-state index in [4.69, 9.17) is 9.47 Å². The maximum Gasteiger partial charge on any atom is 0.315 e. The molecule has 0 aliphatic rings. The standard InChI is InChI=1S/C22H18O4/c1-25-20-9-5-6-16(14-20)15-21(23)26-19-12-10-18(11-13-19)22(24)17-7-3-2-4-8-17/h2-14H,15H2,1H3. The first-order chi connectivity index (χ1) is 12.7. The summed E-state index contributed by atoms with van der Waals surface area (Å²) in [5.41, 5.74) is 1.98. The van der Waals surface area contributed by atoms with Crippen molar-refractivity contribution in [1.82, 2.24) is 0 Å². The Morgan fingerprint density at radius 1 is 0.769 bits per heavy atom. The molecule has 0 atom stereocenters. The van der Waals surface area contributed by atoms with E-state index in [1.165, 1.54) is 0 Å². The highest BCUT2D eigenvalue weighted by Crippen LogP contribution is 2.17. The monoisotopic (exact) mass is 346 g/mol.